The van der Waals surface area contributed by atoms with Gasteiger partial charge in [0.1, 0.15) is 11.6 Å². The van der Waals surface area contributed by atoms with Gasteiger partial charge in [-0.15, -0.1) is 0 Å². The van der Waals surface area contributed by atoms with E-state index < -0.39 is 5.82 Å². The summed E-state index contributed by atoms with van der Waals surface area (Å²) in [6.45, 7) is 4.86. The average molecular weight is 265 g/mol. The van der Waals surface area contributed by atoms with Crippen molar-refractivity contribution < 1.29 is 14.3 Å². The van der Waals surface area contributed by atoms with Crippen LogP contribution >= 0.6 is 0 Å². The molecule has 1 aromatic rings. The van der Waals surface area contributed by atoms with Crippen LogP contribution in [0.1, 0.15) is 49.0 Å². The number of rotatable bonds is 6. The third kappa shape index (κ3) is 3.32. The monoisotopic (exact) mass is 265 g/mol. The molecule has 1 fully saturated rings. The fourth-order valence-corrected chi connectivity index (χ4v) is 2.38. The highest BCUT2D eigenvalue weighted by Crippen LogP contribution is 2.32. The average Bonchev–Trinajstić information content (AvgIpc) is 3.16. The van der Waals surface area contributed by atoms with Gasteiger partial charge in [0.05, 0.1) is 5.56 Å². The Labute approximate surface area is 113 Å². The van der Waals surface area contributed by atoms with E-state index in [1.165, 1.54) is 13.0 Å². The number of nitrogens with zero attached hydrogens (tertiary/aromatic N) is 1. The Morgan fingerprint density at radius 1 is 1.47 bits per heavy atom. The number of carbonyl (C=O) groups excluding carboxylic acids is 1. The van der Waals surface area contributed by atoms with Crippen LogP contribution in [0.4, 0.5) is 4.39 Å². The Morgan fingerprint density at radius 3 is 2.68 bits per heavy atom. The summed E-state index contributed by atoms with van der Waals surface area (Å²) in [5.74, 6) is -0.854. The van der Waals surface area contributed by atoms with Crippen molar-refractivity contribution in [2.75, 3.05) is 6.54 Å². The summed E-state index contributed by atoms with van der Waals surface area (Å²) in [7, 11) is 0. The van der Waals surface area contributed by atoms with E-state index in [0.29, 0.717) is 18.2 Å². The zero-order valence-electron chi connectivity index (χ0n) is 11.4. The molecular weight excluding hydrogens is 245 g/mol. The highest BCUT2D eigenvalue weighted by Gasteiger charge is 2.29. The molecule has 3 nitrogen and oxygen atoms in total. The number of benzene rings is 1. The van der Waals surface area contributed by atoms with Crippen LogP contribution in [0.25, 0.3) is 0 Å². The van der Waals surface area contributed by atoms with Gasteiger partial charge in [0.25, 0.3) is 0 Å². The lowest BCUT2D eigenvalue weighted by atomic mass is 10.0. The van der Waals surface area contributed by atoms with Crippen LogP contribution in [-0.2, 0) is 6.54 Å². The van der Waals surface area contributed by atoms with Gasteiger partial charge >= 0.3 is 0 Å². The Kier molecular flexibility index (Phi) is 4.20. The van der Waals surface area contributed by atoms with Gasteiger partial charge < -0.3 is 5.11 Å². The highest BCUT2D eigenvalue weighted by atomic mass is 19.1. The zero-order valence-corrected chi connectivity index (χ0v) is 11.4. The molecule has 0 amide bonds. The smallest absolute Gasteiger partial charge is 0.163 e. The van der Waals surface area contributed by atoms with Gasteiger partial charge in [0, 0.05) is 18.2 Å². The molecule has 2 rings (SSSR count). The predicted octanol–water partition coefficient (Wildman–Crippen LogP) is 3.11. The summed E-state index contributed by atoms with van der Waals surface area (Å²) < 4.78 is 13.5. The molecule has 1 N–H and O–H groups in total. The van der Waals surface area contributed by atoms with E-state index in [4.69, 9.17) is 0 Å². The van der Waals surface area contributed by atoms with Crippen LogP contribution < -0.4 is 0 Å². The molecule has 0 saturated heterocycles. The van der Waals surface area contributed by atoms with E-state index in [-0.39, 0.29) is 17.1 Å². The van der Waals surface area contributed by atoms with Gasteiger partial charge in [-0.3, -0.25) is 9.69 Å². The fourth-order valence-electron chi connectivity index (χ4n) is 2.38. The Hall–Kier alpha value is -1.42. The van der Waals surface area contributed by atoms with Gasteiger partial charge in [-0.25, -0.2) is 4.39 Å². The summed E-state index contributed by atoms with van der Waals surface area (Å²) in [4.78, 5) is 13.6. The number of hydrogen-bond donors (Lipinski definition) is 1. The van der Waals surface area contributed by atoms with E-state index in [2.05, 4.69) is 11.8 Å². The summed E-state index contributed by atoms with van der Waals surface area (Å²) in [6, 6.07) is 2.97. The maximum atomic E-state index is 13.5. The molecule has 0 unspecified atom stereocenters. The second kappa shape index (κ2) is 5.70. The van der Waals surface area contributed by atoms with Crippen LogP contribution in [0, 0.1) is 5.82 Å². The molecular formula is C15H20FNO2. The molecule has 1 aliphatic carbocycles. The number of carbonyl (C=O) groups is 1. The molecule has 0 aliphatic heterocycles. The lowest BCUT2D eigenvalue weighted by molar-refractivity contribution is 0.101. The maximum absolute atomic E-state index is 13.5. The SMILES string of the molecule is CCCN(Cc1cc(F)cc(C(C)=O)c1O)C1CC1. The number of aromatic hydroxyl groups is 1. The van der Waals surface area contributed by atoms with E-state index in [0.717, 1.165) is 31.9 Å². The van der Waals surface area contributed by atoms with Gasteiger partial charge in [-0.05, 0) is 44.9 Å². The first-order valence-electron chi connectivity index (χ1n) is 6.79. The molecule has 104 valence electrons. The van der Waals surface area contributed by atoms with Crippen molar-refractivity contribution in [1.29, 1.82) is 0 Å². The van der Waals surface area contributed by atoms with Crippen LogP contribution in [0.3, 0.4) is 0 Å². The molecule has 0 bridgehead atoms. The minimum Gasteiger partial charge on any atom is -0.507 e. The molecule has 1 aliphatic rings. The van der Waals surface area contributed by atoms with Gasteiger partial charge in [-0.2, -0.15) is 0 Å². The van der Waals surface area contributed by atoms with Crippen molar-refractivity contribution in [2.45, 2.75) is 45.7 Å². The lowest BCUT2D eigenvalue weighted by Crippen LogP contribution is -2.26. The van der Waals surface area contributed by atoms with Crippen molar-refractivity contribution >= 4 is 5.78 Å². The fraction of sp³-hybridized carbons (Fsp3) is 0.533. The first-order valence-corrected chi connectivity index (χ1v) is 6.79. The third-order valence-electron chi connectivity index (χ3n) is 3.48. The minimum absolute atomic E-state index is 0.0715. The molecule has 1 aromatic carbocycles. The van der Waals surface area contributed by atoms with Crippen molar-refractivity contribution in [3.8, 4) is 5.75 Å². The quantitative estimate of drug-likeness (QED) is 0.803. The normalized spacial score (nSPS) is 14.9. The summed E-state index contributed by atoms with van der Waals surface area (Å²) in [5, 5.41) is 10.1. The summed E-state index contributed by atoms with van der Waals surface area (Å²) >= 11 is 0. The minimum atomic E-state index is -0.467. The van der Waals surface area contributed by atoms with Crippen LogP contribution in [0.5, 0.6) is 5.75 Å². The number of hydrogen-bond acceptors (Lipinski definition) is 3. The first-order chi connectivity index (χ1) is 9.02. The van der Waals surface area contributed by atoms with Crippen molar-refractivity contribution in [3.05, 3.63) is 29.1 Å². The maximum Gasteiger partial charge on any atom is 0.163 e. The molecule has 0 radical (unpaired) electrons. The predicted molar refractivity (Wildman–Crippen MR) is 71.8 cm³/mol. The molecule has 4 heteroatoms. The van der Waals surface area contributed by atoms with Crippen LogP contribution in [0.15, 0.2) is 12.1 Å². The largest absolute Gasteiger partial charge is 0.507 e. The van der Waals surface area contributed by atoms with Crippen LogP contribution in [-0.4, -0.2) is 28.4 Å². The van der Waals surface area contributed by atoms with Crippen molar-refractivity contribution in [1.82, 2.24) is 4.90 Å². The Morgan fingerprint density at radius 2 is 2.16 bits per heavy atom. The van der Waals surface area contributed by atoms with E-state index in [1.54, 1.807) is 0 Å². The van der Waals surface area contributed by atoms with Gasteiger partial charge in [0.15, 0.2) is 5.78 Å². The lowest BCUT2D eigenvalue weighted by Gasteiger charge is -2.22. The second-order valence-electron chi connectivity index (χ2n) is 5.22. The molecule has 0 spiro atoms. The molecule has 1 saturated carbocycles. The second-order valence-corrected chi connectivity index (χ2v) is 5.22. The highest BCUT2D eigenvalue weighted by molar-refractivity contribution is 5.97. The first kappa shape index (κ1) is 14.0. The van der Waals surface area contributed by atoms with Crippen LogP contribution in [0.2, 0.25) is 0 Å². The van der Waals surface area contributed by atoms with E-state index >= 15 is 0 Å². The molecule has 19 heavy (non-hydrogen) atoms. The number of halogens is 1. The topological polar surface area (TPSA) is 40.5 Å². The molecule has 0 heterocycles. The van der Waals surface area contributed by atoms with Gasteiger partial charge in [-0.1, -0.05) is 6.92 Å². The number of phenolic OH excluding ortho intramolecular Hbond substituents is 1. The molecule has 0 aromatic heterocycles. The summed E-state index contributed by atoms with van der Waals surface area (Å²) in [5.41, 5.74) is 0.577. The number of phenols is 1. The van der Waals surface area contributed by atoms with Gasteiger partial charge in [0.2, 0.25) is 0 Å². The van der Waals surface area contributed by atoms with E-state index in [1.807, 2.05) is 0 Å². The Balaban J connectivity index is 2.25. The van der Waals surface area contributed by atoms with Crippen molar-refractivity contribution in [2.24, 2.45) is 0 Å². The molecule has 0 atom stereocenters. The van der Waals surface area contributed by atoms with Crippen molar-refractivity contribution in [3.63, 3.8) is 0 Å². The Bertz CT molecular complexity index is 483. The standard InChI is InChI=1S/C15H20FNO2/c1-3-6-17(13-4-5-13)9-11-7-12(16)8-14(10(2)18)15(11)19/h7-8,13,19H,3-6,9H2,1-2H3. The summed E-state index contributed by atoms with van der Waals surface area (Å²) in [6.07, 6.45) is 3.34. The third-order valence-corrected chi connectivity index (χ3v) is 3.48. The zero-order chi connectivity index (χ0) is 14.0. The van der Waals surface area contributed by atoms with E-state index in [9.17, 15) is 14.3 Å². The number of Topliss-reactive ketones (excluding diaryl/α,β-unsaturated/α-hetero) is 1. The number of ketones is 1.